The number of hydrogen-bond acceptors (Lipinski definition) is 3. The molecule has 33 heavy (non-hydrogen) atoms. The second kappa shape index (κ2) is 13.5. The summed E-state index contributed by atoms with van der Waals surface area (Å²) < 4.78 is 5.34. The van der Waals surface area contributed by atoms with Crippen LogP contribution in [0.3, 0.4) is 0 Å². The van der Waals surface area contributed by atoms with Crippen molar-refractivity contribution in [2.75, 3.05) is 13.2 Å². The number of carboxylic acid groups (broad SMARTS) is 1. The van der Waals surface area contributed by atoms with Crippen molar-refractivity contribution in [3.05, 3.63) is 71.3 Å². The van der Waals surface area contributed by atoms with E-state index in [4.69, 9.17) is 17.0 Å². The first-order chi connectivity index (χ1) is 16.1. The molecule has 1 aliphatic rings. The van der Waals surface area contributed by atoms with Crippen LogP contribution in [0.1, 0.15) is 68.1 Å². The third kappa shape index (κ3) is 8.24. The SMILES string of the molecule is CCO[C@@H](Cc1ccc(CCC(C(=S)NCC2CCCCC2)c2ccccc2)cc1)C(=O)O. The fourth-order valence-electron chi connectivity index (χ4n) is 4.68. The van der Waals surface area contributed by atoms with Gasteiger partial charge < -0.3 is 15.2 Å². The third-order valence-corrected chi connectivity index (χ3v) is 7.05. The highest BCUT2D eigenvalue weighted by molar-refractivity contribution is 7.80. The van der Waals surface area contributed by atoms with Crippen molar-refractivity contribution in [2.45, 2.75) is 70.3 Å². The van der Waals surface area contributed by atoms with Crippen LogP contribution in [0.25, 0.3) is 0 Å². The molecule has 0 saturated heterocycles. The van der Waals surface area contributed by atoms with Gasteiger partial charge in [-0.1, -0.05) is 86.1 Å². The minimum atomic E-state index is -0.916. The molecular weight excluding hydrogens is 430 g/mol. The highest BCUT2D eigenvalue weighted by atomic mass is 32.1. The molecule has 0 spiro atoms. The van der Waals surface area contributed by atoms with Gasteiger partial charge in [0.2, 0.25) is 0 Å². The lowest BCUT2D eigenvalue weighted by Crippen LogP contribution is -2.33. The van der Waals surface area contributed by atoms with Crippen LogP contribution < -0.4 is 5.32 Å². The molecule has 0 aromatic heterocycles. The highest BCUT2D eigenvalue weighted by Crippen LogP contribution is 2.26. The predicted octanol–water partition coefficient (Wildman–Crippen LogP) is 5.93. The molecule has 1 aliphatic carbocycles. The van der Waals surface area contributed by atoms with E-state index in [0.717, 1.165) is 35.9 Å². The number of aryl methyl sites for hydroxylation is 1. The van der Waals surface area contributed by atoms with Gasteiger partial charge in [-0.15, -0.1) is 0 Å². The molecule has 1 unspecified atom stereocenters. The summed E-state index contributed by atoms with van der Waals surface area (Å²) in [4.78, 5) is 12.3. The summed E-state index contributed by atoms with van der Waals surface area (Å²) >= 11 is 5.88. The molecule has 0 radical (unpaired) electrons. The fraction of sp³-hybridized carbons (Fsp3) is 0.500. The van der Waals surface area contributed by atoms with Crippen LogP contribution in [0, 0.1) is 5.92 Å². The summed E-state index contributed by atoms with van der Waals surface area (Å²) in [7, 11) is 0. The molecule has 2 atom stereocenters. The monoisotopic (exact) mass is 467 g/mol. The Morgan fingerprint density at radius 2 is 1.73 bits per heavy atom. The van der Waals surface area contributed by atoms with Gasteiger partial charge in [0.1, 0.15) is 0 Å². The van der Waals surface area contributed by atoms with Gasteiger partial charge in [-0.05, 0) is 55.2 Å². The van der Waals surface area contributed by atoms with Gasteiger partial charge in [0, 0.05) is 25.5 Å². The van der Waals surface area contributed by atoms with Gasteiger partial charge in [-0.2, -0.15) is 0 Å². The molecule has 0 bridgehead atoms. The predicted molar refractivity (Wildman–Crippen MR) is 138 cm³/mol. The van der Waals surface area contributed by atoms with E-state index in [0.29, 0.717) is 13.0 Å². The van der Waals surface area contributed by atoms with Gasteiger partial charge in [0.25, 0.3) is 0 Å². The molecule has 178 valence electrons. The topological polar surface area (TPSA) is 58.6 Å². The van der Waals surface area contributed by atoms with Gasteiger partial charge in [0.15, 0.2) is 6.10 Å². The minimum absolute atomic E-state index is 0.193. The lowest BCUT2D eigenvalue weighted by molar-refractivity contribution is -0.149. The summed E-state index contributed by atoms with van der Waals surface area (Å²) in [5, 5.41) is 12.9. The first kappa shape index (κ1) is 25.4. The van der Waals surface area contributed by atoms with Gasteiger partial charge in [-0.3, -0.25) is 0 Å². The van der Waals surface area contributed by atoms with Crippen molar-refractivity contribution in [1.29, 1.82) is 0 Å². The summed E-state index contributed by atoms with van der Waals surface area (Å²) in [6.45, 7) is 3.20. The molecule has 2 N–H and O–H groups in total. The molecule has 4 nitrogen and oxygen atoms in total. The maximum atomic E-state index is 11.3. The zero-order valence-corrected chi connectivity index (χ0v) is 20.5. The maximum absolute atomic E-state index is 11.3. The largest absolute Gasteiger partial charge is 0.479 e. The highest BCUT2D eigenvalue weighted by Gasteiger charge is 2.20. The van der Waals surface area contributed by atoms with E-state index < -0.39 is 12.1 Å². The number of carboxylic acids is 1. The van der Waals surface area contributed by atoms with E-state index >= 15 is 0 Å². The van der Waals surface area contributed by atoms with Crippen LogP contribution in [0.15, 0.2) is 54.6 Å². The van der Waals surface area contributed by atoms with E-state index in [1.54, 1.807) is 0 Å². The first-order valence-corrected chi connectivity index (χ1v) is 12.7. The summed E-state index contributed by atoms with van der Waals surface area (Å²) in [5.41, 5.74) is 3.47. The molecular formula is C28H37NO3S. The van der Waals surface area contributed by atoms with Crippen LogP contribution in [0.4, 0.5) is 0 Å². The number of carbonyl (C=O) groups is 1. The van der Waals surface area contributed by atoms with Gasteiger partial charge in [-0.25, -0.2) is 4.79 Å². The quantitative estimate of drug-likeness (QED) is 0.379. The molecule has 5 heteroatoms. The normalized spacial score (nSPS) is 16.2. The number of aliphatic carboxylic acids is 1. The average Bonchev–Trinajstić information content (AvgIpc) is 2.85. The van der Waals surface area contributed by atoms with Crippen LogP contribution in [0.2, 0.25) is 0 Å². The number of hydrogen-bond donors (Lipinski definition) is 2. The summed E-state index contributed by atoms with van der Waals surface area (Å²) in [6, 6.07) is 18.8. The van der Waals surface area contributed by atoms with Crippen molar-refractivity contribution in [1.82, 2.24) is 5.32 Å². The number of nitrogens with one attached hydrogen (secondary N) is 1. The van der Waals surface area contributed by atoms with E-state index in [-0.39, 0.29) is 5.92 Å². The zero-order chi connectivity index (χ0) is 23.5. The summed E-state index contributed by atoms with van der Waals surface area (Å²) in [6.07, 6.45) is 8.11. The second-order valence-electron chi connectivity index (χ2n) is 9.05. The van der Waals surface area contributed by atoms with E-state index in [1.807, 2.05) is 25.1 Å². The van der Waals surface area contributed by atoms with Crippen molar-refractivity contribution < 1.29 is 14.6 Å². The second-order valence-corrected chi connectivity index (χ2v) is 9.49. The van der Waals surface area contributed by atoms with Crippen molar-refractivity contribution >= 4 is 23.2 Å². The Balaban J connectivity index is 1.59. The molecule has 0 heterocycles. The Morgan fingerprint density at radius 1 is 1.06 bits per heavy atom. The Morgan fingerprint density at radius 3 is 2.36 bits per heavy atom. The average molecular weight is 468 g/mol. The fourth-order valence-corrected chi connectivity index (χ4v) is 5.02. The Hall–Kier alpha value is -2.24. The Kier molecular flexibility index (Phi) is 10.4. The van der Waals surface area contributed by atoms with Crippen molar-refractivity contribution in [2.24, 2.45) is 5.92 Å². The van der Waals surface area contributed by atoms with Crippen LogP contribution in [-0.4, -0.2) is 35.3 Å². The lowest BCUT2D eigenvalue weighted by Gasteiger charge is -2.25. The van der Waals surface area contributed by atoms with Crippen molar-refractivity contribution in [3.8, 4) is 0 Å². The number of benzene rings is 2. The molecule has 0 aliphatic heterocycles. The van der Waals surface area contributed by atoms with Gasteiger partial charge in [0.05, 0.1) is 4.99 Å². The number of rotatable bonds is 12. The van der Waals surface area contributed by atoms with Crippen LogP contribution in [0.5, 0.6) is 0 Å². The van der Waals surface area contributed by atoms with Crippen LogP contribution >= 0.6 is 12.2 Å². The van der Waals surface area contributed by atoms with E-state index in [1.165, 1.54) is 43.2 Å². The standard InChI is InChI=1S/C28H37NO3S/c1-2-32-26(28(30)31)19-22-15-13-21(14-16-22)17-18-25(24-11-7-4-8-12-24)27(33)29-20-23-9-5-3-6-10-23/h4,7-8,11-16,23,25-26H,2-3,5-6,9-10,17-20H2,1H3,(H,29,33)(H,30,31)/t25?,26-/m0/s1. The van der Waals surface area contributed by atoms with E-state index in [9.17, 15) is 9.90 Å². The molecule has 2 aromatic rings. The molecule has 0 amide bonds. The zero-order valence-electron chi connectivity index (χ0n) is 19.7. The number of thiocarbonyl (C=S) groups is 1. The molecule has 3 rings (SSSR count). The van der Waals surface area contributed by atoms with Crippen molar-refractivity contribution in [3.63, 3.8) is 0 Å². The summed E-state index contributed by atoms with van der Waals surface area (Å²) in [5.74, 6) is 0.0201. The molecule has 1 saturated carbocycles. The molecule has 2 aromatic carbocycles. The minimum Gasteiger partial charge on any atom is -0.479 e. The Labute approximate surface area is 203 Å². The van der Waals surface area contributed by atoms with Crippen LogP contribution in [-0.2, 0) is 22.4 Å². The lowest BCUT2D eigenvalue weighted by atomic mass is 9.88. The first-order valence-electron chi connectivity index (χ1n) is 12.3. The molecule has 1 fully saturated rings. The third-order valence-electron chi connectivity index (χ3n) is 6.62. The Bertz CT molecular complexity index is 862. The number of ether oxygens (including phenoxy) is 1. The smallest absolute Gasteiger partial charge is 0.333 e. The van der Waals surface area contributed by atoms with Gasteiger partial charge >= 0.3 is 5.97 Å². The van der Waals surface area contributed by atoms with E-state index in [2.05, 4.69) is 41.7 Å². The maximum Gasteiger partial charge on any atom is 0.333 e.